The van der Waals surface area contributed by atoms with Crippen LogP contribution in [0.4, 0.5) is 18.9 Å². The van der Waals surface area contributed by atoms with Crippen LogP contribution < -0.4 is 16.2 Å². The van der Waals surface area contributed by atoms with Gasteiger partial charge >= 0.3 is 6.36 Å². The van der Waals surface area contributed by atoms with Crippen molar-refractivity contribution in [3.05, 3.63) is 16.8 Å². The van der Waals surface area contributed by atoms with Crippen LogP contribution >= 0.6 is 11.6 Å². The molecule has 0 spiro atoms. The fourth-order valence-corrected chi connectivity index (χ4v) is 1.01. The van der Waals surface area contributed by atoms with E-state index in [4.69, 9.17) is 23.1 Å². The van der Waals surface area contributed by atoms with Crippen molar-refractivity contribution in [2.24, 2.45) is 5.73 Å². The van der Waals surface area contributed by atoms with Gasteiger partial charge in [-0.15, -0.1) is 13.2 Å². The number of anilines is 1. The Labute approximate surface area is 88.0 Å². The van der Waals surface area contributed by atoms with Gasteiger partial charge in [0.2, 0.25) is 5.88 Å². The number of aromatic nitrogens is 1. The van der Waals surface area contributed by atoms with E-state index >= 15 is 0 Å². The van der Waals surface area contributed by atoms with Crippen molar-refractivity contribution in [1.29, 1.82) is 0 Å². The van der Waals surface area contributed by atoms with E-state index in [1.165, 1.54) is 6.07 Å². The Bertz CT molecular complexity index is 369. The zero-order valence-electron chi connectivity index (χ0n) is 7.31. The smallest absolute Gasteiger partial charge is 0.396 e. The van der Waals surface area contributed by atoms with Crippen LogP contribution in [0.1, 0.15) is 5.56 Å². The van der Waals surface area contributed by atoms with Crippen LogP contribution in [0.25, 0.3) is 0 Å². The molecule has 0 saturated carbocycles. The normalized spacial score (nSPS) is 11.5. The molecule has 0 aliphatic carbocycles. The maximum Gasteiger partial charge on any atom is 0.574 e. The van der Waals surface area contributed by atoms with Crippen LogP contribution in [-0.4, -0.2) is 11.3 Å². The summed E-state index contributed by atoms with van der Waals surface area (Å²) < 4.78 is 39.4. The van der Waals surface area contributed by atoms with Gasteiger partial charge in [0.05, 0.1) is 5.69 Å². The summed E-state index contributed by atoms with van der Waals surface area (Å²) in [7, 11) is 0. The molecule has 0 radical (unpaired) electrons. The van der Waals surface area contributed by atoms with Gasteiger partial charge in [-0.2, -0.15) is 4.98 Å². The van der Waals surface area contributed by atoms with Crippen molar-refractivity contribution < 1.29 is 17.9 Å². The Morgan fingerprint density at radius 2 is 2.07 bits per heavy atom. The molecule has 0 bridgehead atoms. The van der Waals surface area contributed by atoms with E-state index in [1.54, 1.807) is 0 Å². The fraction of sp³-hybridized carbons (Fsp3) is 0.286. The highest BCUT2D eigenvalue weighted by atomic mass is 35.5. The number of halogens is 4. The third-order valence-corrected chi connectivity index (χ3v) is 1.78. The van der Waals surface area contributed by atoms with Crippen molar-refractivity contribution >= 4 is 17.3 Å². The molecule has 0 atom stereocenters. The van der Waals surface area contributed by atoms with Gasteiger partial charge in [-0.25, -0.2) is 0 Å². The van der Waals surface area contributed by atoms with Gasteiger partial charge in [0.25, 0.3) is 0 Å². The Balaban J connectivity index is 3.11. The summed E-state index contributed by atoms with van der Waals surface area (Å²) in [6.07, 6.45) is -4.84. The van der Waals surface area contributed by atoms with Crippen LogP contribution in [0.15, 0.2) is 6.07 Å². The molecule has 0 aliphatic heterocycles. The second-order valence-electron chi connectivity index (χ2n) is 2.58. The first kappa shape index (κ1) is 11.9. The second kappa shape index (κ2) is 4.11. The lowest BCUT2D eigenvalue weighted by atomic mass is 10.2. The molecule has 0 aliphatic rings. The zero-order chi connectivity index (χ0) is 11.6. The molecule has 0 aromatic carbocycles. The molecule has 1 heterocycles. The Hall–Kier alpha value is -1.21. The van der Waals surface area contributed by atoms with Crippen molar-refractivity contribution in [3.8, 4) is 5.88 Å². The predicted molar refractivity (Wildman–Crippen MR) is 48.2 cm³/mol. The number of nitrogens with two attached hydrogens (primary N) is 2. The molecule has 4 N–H and O–H groups in total. The monoisotopic (exact) mass is 241 g/mol. The number of alkyl halides is 3. The zero-order valence-corrected chi connectivity index (χ0v) is 8.06. The SMILES string of the molecule is NCc1cc(N)c(Cl)nc1OC(F)(F)F. The summed E-state index contributed by atoms with van der Waals surface area (Å²) in [5, 5.41) is -0.258. The maximum atomic E-state index is 11.9. The number of ether oxygens (including phenoxy) is 1. The molecule has 0 saturated heterocycles. The number of nitrogens with zero attached hydrogens (tertiary/aromatic N) is 1. The Kier molecular flexibility index (Phi) is 3.25. The average Bonchev–Trinajstić information content (AvgIpc) is 2.08. The average molecular weight is 242 g/mol. The number of pyridine rings is 1. The molecule has 84 valence electrons. The summed E-state index contributed by atoms with van der Waals surface area (Å²) in [4.78, 5) is 3.35. The third-order valence-electron chi connectivity index (χ3n) is 1.47. The van der Waals surface area contributed by atoms with Crippen LogP contribution in [0.2, 0.25) is 5.15 Å². The minimum atomic E-state index is -4.84. The van der Waals surface area contributed by atoms with Crippen molar-refractivity contribution in [3.63, 3.8) is 0 Å². The highest BCUT2D eigenvalue weighted by Gasteiger charge is 2.33. The fourth-order valence-electron chi connectivity index (χ4n) is 0.879. The van der Waals surface area contributed by atoms with Crippen molar-refractivity contribution in [2.45, 2.75) is 12.9 Å². The molecule has 0 unspecified atom stereocenters. The van der Waals surface area contributed by atoms with Crippen LogP contribution in [0, 0.1) is 0 Å². The highest BCUT2D eigenvalue weighted by Crippen LogP contribution is 2.28. The molecule has 1 aromatic heterocycles. The molecule has 8 heteroatoms. The van der Waals surface area contributed by atoms with E-state index in [9.17, 15) is 13.2 Å². The molecular formula is C7H7ClF3N3O. The second-order valence-corrected chi connectivity index (χ2v) is 2.94. The van der Waals surface area contributed by atoms with Crippen LogP contribution in [-0.2, 0) is 6.54 Å². The van der Waals surface area contributed by atoms with Gasteiger partial charge in [0.1, 0.15) is 0 Å². The number of rotatable bonds is 2. The Morgan fingerprint density at radius 1 is 1.47 bits per heavy atom. The number of hydrogen-bond acceptors (Lipinski definition) is 4. The van der Waals surface area contributed by atoms with Gasteiger partial charge < -0.3 is 16.2 Å². The standard InChI is InChI=1S/C7H7ClF3N3O/c8-5-4(13)1-3(2-12)6(14-5)15-7(9,10)11/h1H,2,12-13H2. The minimum absolute atomic E-state index is 0.0363. The number of hydrogen-bond donors (Lipinski definition) is 2. The van der Waals surface area contributed by atoms with Gasteiger partial charge in [-0.3, -0.25) is 0 Å². The van der Waals surface area contributed by atoms with E-state index in [0.717, 1.165) is 0 Å². The van der Waals surface area contributed by atoms with E-state index < -0.39 is 12.2 Å². The van der Waals surface area contributed by atoms with Gasteiger partial charge in [-0.05, 0) is 6.07 Å². The van der Waals surface area contributed by atoms with Gasteiger partial charge in [0, 0.05) is 12.1 Å². The third kappa shape index (κ3) is 3.14. The lowest BCUT2D eigenvalue weighted by molar-refractivity contribution is -0.276. The predicted octanol–water partition coefficient (Wildman–Crippen LogP) is 1.67. The summed E-state index contributed by atoms with van der Waals surface area (Å²) in [5.41, 5.74) is 10.6. The van der Waals surface area contributed by atoms with Crippen LogP contribution in [0.5, 0.6) is 5.88 Å². The number of nitrogen functional groups attached to an aromatic ring is 1. The van der Waals surface area contributed by atoms with E-state index in [1.807, 2.05) is 0 Å². The maximum absolute atomic E-state index is 11.9. The first-order chi connectivity index (χ1) is 6.83. The molecule has 0 fully saturated rings. The van der Waals surface area contributed by atoms with E-state index in [-0.39, 0.29) is 22.9 Å². The van der Waals surface area contributed by atoms with Gasteiger partial charge in [-0.1, -0.05) is 11.6 Å². The molecule has 4 nitrogen and oxygen atoms in total. The van der Waals surface area contributed by atoms with E-state index in [0.29, 0.717) is 0 Å². The summed E-state index contributed by atoms with van der Waals surface area (Å²) >= 11 is 5.45. The topological polar surface area (TPSA) is 74.2 Å². The lowest BCUT2D eigenvalue weighted by Gasteiger charge is -2.12. The summed E-state index contributed by atoms with van der Waals surface area (Å²) in [6, 6.07) is 1.19. The first-order valence-electron chi connectivity index (χ1n) is 3.74. The summed E-state index contributed by atoms with van der Waals surface area (Å²) in [5.74, 6) is -0.677. The largest absolute Gasteiger partial charge is 0.574 e. The minimum Gasteiger partial charge on any atom is -0.396 e. The molecular weight excluding hydrogens is 235 g/mol. The molecule has 1 rings (SSSR count). The van der Waals surface area contributed by atoms with Gasteiger partial charge in [0.15, 0.2) is 5.15 Å². The highest BCUT2D eigenvalue weighted by molar-refractivity contribution is 6.31. The van der Waals surface area contributed by atoms with Crippen LogP contribution in [0.3, 0.4) is 0 Å². The molecule has 0 amide bonds. The Morgan fingerprint density at radius 3 is 2.53 bits per heavy atom. The van der Waals surface area contributed by atoms with E-state index in [2.05, 4.69) is 9.72 Å². The summed E-state index contributed by atoms with van der Waals surface area (Å²) in [6.45, 7) is -0.181. The molecule has 1 aromatic rings. The molecule has 15 heavy (non-hydrogen) atoms. The van der Waals surface area contributed by atoms with Crippen molar-refractivity contribution in [1.82, 2.24) is 4.98 Å². The van der Waals surface area contributed by atoms with Crippen molar-refractivity contribution in [2.75, 3.05) is 5.73 Å². The lowest BCUT2D eigenvalue weighted by Crippen LogP contribution is -2.20. The quantitative estimate of drug-likeness (QED) is 0.773. The first-order valence-corrected chi connectivity index (χ1v) is 4.12.